The predicted molar refractivity (Wildman–Crippen MR) is 95.7 cm³/mol. The highest BCUT2D eigenvalue weighted by atomic mass is 16.5. The van der Waals surface area contributed by atoms with Crippen molar-refractivity contribution in [1.29, 1.82) is 0 Å². The predicted octanol–water partition coefficient (Wildman–Crippen LogP) is 2.75. The van der Waals surface area contributed by atoms with Gasteiger partial charge < -0.3 is 14.6 Å². The van der Waals surface area contributed by atoms with E-state index in [1.54, 1.807) is 19.2 Å². The van der Waals surface area contributed by atoms with Crippen molar-refractivity contribution in [1.82, 2.24) is 20.4 Å². The number of carbonyl (C=O) groups is 2. The lowest BCUT2D eigenvalue weighted by molar-refractivity contribution is -0.134. The van der Waals surface area contributed by atoms with Crippen LogP contribution in [0.3, 0.4) is 0 Å². The molecule has 3 amide bonds. The van der Waals surface area contributed by atoms with Crippen LogP contribution < -0.4 is 10.1 Å². The topological polar surface area (TPSA) is 97.6 Å². The van der Waals surface area contributed by atoms with Gasteiger partial charge in [-0.2, -0.15) is 4.98 Å². The number of hydrogen-bond acceptors (Lipinski definition) is 6. The van der Waals surface area contributed by atoms with Gasteiger partial charge in [0.25, 0.3) is 11.8 Å². The Morgan fingerprint density at radius 1 is 1.30 bits per heavy atom. The smallest absolute Gasteiger partial charge is 0.325 e. The third-order valence-corrected chi connectivity index (χ3v) is 5.61. The zero-order valence-corrected chi connectivity index (χ0v) is 15.4. The van der Waals surface area contributed by atoms with Crippen LogP contribution in [-0.4, -0.2) is 39.6 Å². The van der Waals surface area contributed by atoms with Gasteiger partial charge in [0.05, 0.1) is 13.7 Å². The summed E-state index contributed by atoms with van der Waals surface area (Å²) in [4.78, 5) is 31.0. The molecule has 1 aromatic heterocycles. The van der Waals surface area contributed by atoms with E-state index in [4.69, 9.17) is 9.26 Å². The molecule has 1 aromatic carbocycles. The number of methoxy groups -OCH3 is 1. The van der Waals surface area contributed by atoms with Gasteiger partial charge in [0, 0.05) is 5.56 Å². The molecule has 1 aliphatic heterocycles. The second kappa shape index (κ2) is 6.68. The van der Waals surface area contributed by atoms with Crippen LogP contribution in [0.4, 0.5) is 4.79 Å². The summed E-state index contributed by atoms with van der Waals surface area (Å²) in [7, 11) is 1.60. The minimum Gasteiger partial charge on any atom is -0.497 e. The monoisotopic (exact) mass is 370 g/mol. The zero-order chi connectivity index (χ0) is 19.0. The summed E-state index contributed by atoms with van der Waals surface area (Å²) in [5, 5.41) is 6.86. The molecular weight excluding hydrogens is 348 g/mol. The SMILES string of the molecule is COc1ccc(-c2nc(CN3C(=O)N[C@@]4(CCCC[C@H]4C)C3=O)no2)cc1. The van der Waals surface area contributed by atoms with E-state index < -0.39 is 5.54 Å². The molecule has 8 heteroatoms. The first-order chi connectivity index (χ1) is 13.0. The summed E-state index contributed by atoms with van der Waals surface area (Å²) in [6, 6.07) is 6.82. The molecule has 1 spiro atoms. The van der Waals surface area contributed by atoms with E-state index in [1.807, 2.05) is 19.1 Å². The van der Waals surface area contributed by atoms with Crippen LogP contribution in [0.2, 0.25) is 0 Å². The summed E-state index contributed by atoms with van der Waals surface area (Å²) in [6.45, 7) is 2.02. The van der Waals surface area contributed by atoms with E-state index in [-0.39, 0.29) is 24.4 Å². The minimum atomic E-state index is -0.780. The van der Waals surface area contributed by atoms with Gasteiger partial charge in [0.1, 0.15) is 11.3 Å². The molecular formula is C19H22N4O4. The standard InChI is InChI=1S/C19H22N4O4/c1-12-5-3-4-10-19(12)17(24)23(18(25)21-19)11-15-20-16(27-22-15)13-6-8-14(26-2)9-7-13/h6-9,12H,3-5,10-11H2,1-2H3,(H,21,25)/t12-,19-/m1/s1. The van der Waals surface area contributed by atoms with E-state index in [0.717, 1.165) is 30.6 Å². The summed E-state index contributed by atoms with van der Waals surface area (Å²) in [5.41, 5.74) is -0.0399. The lowest BCUT2D eigenvalue weighted by atomic mass is 9.73. The molecule has 2 fully saturated rings. The average Bonchev–Trinajstić information content (AvgIpc) is 3.24. The third-order valence-electron chi connectivity index (χ3n) is 5.61. The molecule has 1 saturated heterocycles. The lowest BCUT2D eigenvalue weighted by Crippen LogP contribution is -2.53. The molecule has 27 heavy (non-hydrogen) atoms. The molecule has 2 aliphatic rings. The maximum Gasteiger partial charge on any atom is 0.325 e. The van der Waals surface area contributed by atoms with Gasteiger partial charge in [-0.15, -0.1) is 0 Å². The van der Waals surface area contributed by atoms with Crippen LogP contribution in [0.25, 0.3) is 11.5 Å². The Morgan fingerprint density at radius 2 is 2.07 bits per heavy atom. The third kappa shape index (κ3) is 2.94. The lowest BCUT2D eigenvalue weighted by Gasteiger charge is -2.36. The Kier molecular flexibility index (Phi) is 4.33. The second-order valence-electron chi connectivity index (χ2n) is 7.18. The Morgan fingerprint density at radius 3 is 2.78 bits per heavy atom. The van der Waals surface area contributed by atoms with E-state index in [9.17, 15) is 9.59 Å². The van der Waals surface area contributed by atoms with Gasteiger partial charge in [-0.25, -0.2) is 4.79 Å². The van der Waals surface area contributed by atoms with Crippen LogP contribution in [-0.2, 0) is 11.3 Å². The highest BCUT2D eigenvalue weighted by molar-refractivity contribution is 6.07. The molecule has 2 aromatic rings. The maximum atomic E-state index is 13.0. The number of ether oxygens (including phenoxy) is 1. The number of benzene rings is 1. The van der Waals surface area contributed by atoms with E-state index in [2.05, 4.69) is 15.5 Å². The number of imide groups is 1. The molecule has 1 N–H and O–H groups in total. The van der Waals surface area contributed by atoms with Crippen LogP contribution in [0.15, 0.2) is 28.8 Å². The van der Waals surface area contributed by atoms with Gasteiger partial charge >= 0.3 is 6.03 Å². The van der Waals surface area contributed by atoms with Crippen LogP contribution in [0.5, 0.6) is 5.75 Å². The summed E-state index contributed by atoms with van der Waals surface area (Å²) in [5.74, 6) is 1.29. The molecule has 0 bridgehead atoms. The first kappa shape index (κ1) is 17.5. The van der Waals surface area contributed by atoms with E-state index in [1.165, 1.54) is 4.90 Å². The fourth-order valence-electron chi connectivity index (χ4n) is 3.95. The molecule has 8 nitrogen and oxygen atoms in total. The number of urea groups is 1. The summed E-state index contributed by atoms with van der Waals surface area (Å²) in [6.07, 6.45) is 3.64. The molecule has 1 saturated carbocycles. The minimum absolute atomic E-state index is 0.00120. The van der Waals surface area contributed by atoms with Gasteiger partial charge in [-0.05, 0) is 43.0 Å². The van der Waals surface area contributed by atoms with E-state index in [0.29, 0.717) is 18.1 Å². The zero-order valence-electron chi connectivity index (χ0n) is 15.4. The van der Waals surface area contributed by atoms with Crippen molar-refractivity contribution in [3.8, 4) is 17.2 Å². The van der Waals surface area contributed by atoms with Crippen molar-refractivity contribution in [2.24, 2.45) is 5.92 Å². The molecule has 1 aliphatic carbocycles. The number of aromatic nitrogens is 2. The van der Waals surface area contributed by atoms with Crippen molar-refractivity contribution in [3.05, 3.63) is 30.1 Å². The summed E-state index contributed by atoms with van der Waals surface area (Å²) >= 11 is 0. The highest BCUT2D eigenvalue weighted by Gasteiger charge is 2.55. The van der Waals surface area contributed by atoms with Gasteiger partial charge in [0.2, 0.25) is 0 Å². The first-order valence-electron chi connectivity index (χ1n) is 9.14. The largest absolute Gasteiger partial charge is 0.497 e. The van der Waals surface area contributed by atoms with Crippen LogP contribution in [0, 0.1) is 5.92 Å². The van der Waals surface area contributed by atoms with Crippen molar-refractivity contribution in [2.75, 3.05) is 7.11 Å². The fourth-order valence-corrected chi connectivity index (χ4v) is 3.95. The molecule has 0 radical (unpaired) electrons. The number of nitrogens with zero attached hydrogens (tertiary/aromatic N) is 3. The first-order valence-corrected chi connectivity index (χ1v) is 9.14. The Balaban J connectivity index is 1.52. The average molecular weight is 370 g/mol. The molecule has 2 atom stereocenters. The van der Waals surface area contributed by atoms with Crippen molar-refractivity contribution in [2.45, 2.75) is 44.7 Å². The Bertz CT molecular complexity index is 863. The fraction of sp³-hybridized carbons (Fsp3) is 0.474. The Hall–Kier alpha value is -2.90. The van der Waals surface area contributed by atoms with Crippen molar-refractivity contribution >= 4 is 11.9 Å². The molecule has 0 unspecified atom stereocenters. The summed E-state index contributed by atoms with van der Waals surface area (Å²) < 4.78 is 10.4. The number of amides is 3. The van der Waals surface area contributed by atoms with Gasteiger partial charge in [0.15, 0.2) is 5.82 Å². The van der Waals surface area contributed by atoms with Gasteiger partial charge in [-0.3, -0.25) is 9.69 Å². The Labute approximate surface area is 156 Å². The number of nitrogens with one attached hydrogen (secondary N) is 1. The number of carbonyl (C=O) groups excluding carboxylic acids is 2. The highest BCUT2D eigenvalue weighted by Crippen LogP contribution is 2.38. The molecule has 142 valence electrons. The molecule has 2 heterocycles. The van der Waals surface area contributed by atoms with Crippen LogP contribution >= 0.6 is 0 Å². The van der Waals surface area contributed by atoms with Gasteiger partial charge in [-0.1, -0.05) is 24.9 Å². The molecule has 4 rings (SSSR count). The normalized spacial score (nSPS) is 25.1. The van der Waals surface area contributed by atoms with Crippen LogP contribution in [0.1, 0.15) is 38.4 Å². The number of rotatable bonds is 4. The maximum absolute atomic E-state index is 13.0. The van der Waals surface area contributed by atoms with Crippen molar-refractivity contribution in [3.63, 3.8) is 0 Å². The van der Waals surface area contributed by atoms with Crippen molar-refractivity contribution < 1.29 is 18.8 Å². The quantitative estimate of drug-likeness (QED) is 0.831. The second-order valence-corrected chi connectivity index (χ2v) is 7.18. The van der Waals surface area contributed by atoms with E-state index >= 15 is 0 Å². The number of hydrogen-bond donors (Lipinski definition) is 1.